The molecule has 5 nitrogen and oxygen atoms in total. The number of nitrogens with zero attached hydrogens (tertiary/aromatic N) is 3. The molecule has 2 saturated heterocycles. The van der Waals surface area contributed by atoms with Crippen molar-refractivity contribution in [2.75, 3.05) is 26.2 Å². The fourth-order valence-corrected chi connectivity index (χ4v) is 4.09. The van der Waals surface area contributed by atoms with Gasteiger partial charge in [-0.1, -0.05) is 42.5 Å². The number of hydrogen-bond acceptors (Lipinski definition) is 4. The summed E-state index contributed by atoms with van der Waals surface area (Å²) in [6.07, 6.45) is 2.72. The molecule has 0 N–H and O–H groups in total. The van der Waals surface area contributed by atoms with E-state index in [4.69, 9.17) is 4.74 Å². The molecule has 0 aromatic heterocycles. The highest BCUT2D eigenvalue weighted by Gasteiger charge is 2.32. The number of benzene rings is 2. The van der Waals surface area contributed by atoms with Gasteiger partial charge in [-0.25, -0.2) is 0 Å². The van der Waals surface area contributed by atoms with Crippen molar-refractivity contribution in [3.8, 4) is 22.9 Å². The molecule has 28 heavy (non-hydrogen) atoms. The van der Waals surface area contributed by atoms with E-state index < -0.39 is 0 Å². The van der Waals surface area contributed by atoms with Gasteiger partial charge >= 0.3 is 0 Å². The van der Waals surface area contributed by atoms with Gasteiger partial charge in [0.1, 0.15) is 17.9 Å². The van der Waals surface area contributed by atoms with Crippen LogP contribution in [-0.4, -0.2) is 54.0 Å². The first kappa shape index (κ1) is 18.5. The third kappa shape index (κ3) is 4.18. The first-order valence-electron chi connectivity index (χ1n) is 9.96. The SMILES string of the molecule is N#C[C@@H]1CCCN1C(=O)CN1CC[C@H](Oc2cccc(-c3ccccc3)c2)C1. The summed E-state index contributed by atoms with van der Waals surface area (Å²) in [6, 6.07) is 20.4. The van der Waals surface area contributed by atoms with Crippen molar-refractivity contribution in [1.82, 2.24) is 9.80 Å². The van der Waals surface area contributed by atoms with Crippen molar-refractivity contribution in [2.24, 2.45) is 0 Å². The van der Waals surface area contributed by atoms with Crippen LogP contribution >= 0.6 is 0 Å². The van der Waals surface area contributed by atoms with Crippen molar-refractivity contribution in [2.45, 2.75) is 31.4 Å². The molecule has 4 rings (SSSR count). The predicted octanol–water partition coefficient (Wildman–Crippen LogP) is 3.32. The molecule has 2 aliphatic heterocycles. The van der Waals surface area contributed by atoms with E-state index in [0.717, 1.165) is 43.7 Å². The number of rotatable bonds is 5. The van der Waals surface area contributed by atoms with Crippen LogP contribution in [-0.2, 0) is 4.79 Å². The van der Waals surface area contributed by atoms with Gasteiger partial charge in [0, 0.05) is 19.6 Å². The molecule has 0 aliphatic carbocycles. The predicted molar refractivity (Wildman–Crippen MR) is 108 cm³/mol. The van der Waals surface area contributed by atoms with E-state index >= 15 is 0 Å². The van der Waals surface area contributed by atoms with Crippen LogP contribution in [0.3, 0.4) is 0 Å². The lowest BCUT2D eigenvalue weighted by molar-refractivity contribution is -0.132. The second kappa shape index (κ2) is 8.45. The minimum absolute atomic E-state index is 0.0655. The van der Waals surface area contributed by atoms with Crippen LogP contribution in [0, 0.1) is 11.3 Å². The molecule has 2 fully saturated rings. The van der Waals surface area contributed by atoms with Gasteiger partial charge in [-0.05, 0) is 42.5 Å². The minimum Gasteiger partial charge on any atom is -0.489 e. The van der Waals surface area contributed by atoms with Crippen molar-refractivity contribution < 1.29 is 9.53 Å². The fourth-order valence-electron chi connectivity index (χ4n) is 4.09. The molecule has 1 amide bonds. The Bertz CT molecular complexity index is 862. The molecule has 0 unspecified atom stereocenters. The monoisotopic (exact) mass is 375 g/mol. The average Bonchev–Trinajstić information content (AvgIpc) is 3.38. The molecule has 2 aromatic rings. The van der Waals surface area contributed by atoms with Crippen LogP contribution in [0.1, 0.15) is 19.3 Å². The maximum absolute atomic E-state index is 12.5. The molecule has 5 heteroatoms. The third-order valence-corrected chi connectivity index (χ3v) is 5.55. The summed E-state index contributed by atoms with van der Waals surface area (Å²) in [7, 11) is 0. The summed E-state index contributed by atoms with van der Waals surface area (Å²) in [6.45, 7) is 2.67. The lowest BCUT2D eigenvalue weighted by atomic mass is 10.1. The Morgan fingerprint density at radius 1 is 1.07 bits per heavy atom. The van der Waals surface area contributed by atoms with Gasteiger partial charge in [0.2, 0.25) is 5.91 Å². The molecule has 144 valence electrons. The molecule has 0 bridgehead atoms. The van der Waals surface area contributed by atoms with Crippen LogP contribution < -0.4 is 4.74 Å². The van der Waals surface area contributed by atoms with E-state index in [1.807, 2.05) is 30.3 Å². The molecule has 0 spiro atoms. The maximum Gasteiger partial charge on any atom is 0.237 e. The zero-order chi connectivity index (χ0) is 19.3. The second-order valence-corrected chi connectivity index (χ2v) is 7.53. The first-order valence-corrected chi connectivity index (χ1v) is 9.96. The minimum atomic E-state index is -0.247. The summed E-state index contributed by atoms with van der Waals surface area (Å²) in [5, 5.41) is 9.18. The quantitative estimate of drug-likeness (QED) is 0.804. The van der Waals surface area contributed by atoms with Gasteiger partial charge in [-0.15, -0.1) is 0 Å². The molecule has 2 heterocycles. The van der Waals surface area contributed by atoms with Crippen LogP contribution in [0.25, 0.3) is 11.1 Å². The van der Waals surface area contributed by atoms with E-state index in [1.165, 1.54) is 5.56 Å². The standard InChI is InChI=1S/C23H25N3O2/c24-15-20-9-5-12-26(20)23(27)17-25-13-11-22(16-25)28-21-10-4-8-19(14-21)18-6-2-1-3-7-18/h1-4,6-8,10,14,20,22H,5,9,11-13,16-17H2/t20-,22-/m0/s1. The highest BCUT2D eigenvalue weighted by molar-refractivity contribution is 5.79. The Morgan fingerprint density at radius 2 is 1.89 bits per heavy atom. The van der Waals surface area contributed by atoms with Crippen LogP contribution in [0.2, 0.25) is 0 Å². The lowest BCUT2D eigenvalue weighted by Crippen LogP contribution is -2.42. The Labute approximate surface area is 166 Å². The maximum atomic E-state index is 12.5. The van der Waals surface area contributed by atoms with Crippen LogP contribution in [0.5, 0.6) is 5.75 Å². The normalized spacial score (nSPS) is 22.2. The molecular formula is C23H25N3O2. The molecular weight excluding hydrogens is 350 g/mol. The van der Waals surface area contributed by atoms with Crippen LogP contribution in [0.4, 0.5) is 0 Å². The molecule has 2 atom stereocenters. The number of carbonyl (C=O) groups is 1. The summed E-state index contributed by atoms with van der Waals surface area (Å²) in [5.41, 5.74) is 2.31. The van der Waals surface area contributed by atoms with Gasteiger partial charge < -0.3 is 9.64 Å². The average molecular weight is 375 g/mol. The van der Waals surface area contributed by atoms with E-state index in [-0.39, 0.29) is 18.1 Å². The van der Waals surface area contributed by atoms with Gasteiger partial charge in [0.25, 0.3) is 0 Å². The highest BCUT2D eigenvalue weighted by atomic mass is 16.5. The largest absolute Gasteiger partial charge is 0.489 e. The number of hydrogen-bond donors (Lipinski definition) is 0. The van der Waals surface area contributed by atoms with Gasteiger partial charge in [0.15, 0.2) is 0 Å². The van der Waals surface area contributed by atoms with Gasteiger partial charge in [-0.2, -0.15) is 5.26 Å². The summed E-state index contributed by atoms with van der Waals surface area (Å²) < 4.78 is 6.20. The smallest absolute Gasteiger partial charge is 0.237 e. The van der Waals surface area contributed by atoms with E-state index in [0.29, 0.717) is 13.1 Å². The van der Waals surface area contributed by atoms with E-state index in [1.54, 1.807) is 4.90 Å². The Morgan fingerprint density at radius 3 is 2.71 bits per heavy atom. The van der Waals surface area contributed by atoms with Crippen molar-refractivity contribution in [3.63, 3.8) is 0 Å². The molecule has 2 aromatic carbocycles. The number of carbonyl (C=O) groups excluding carboxylic acids is 1. The lowest BCUT2D eigenvalue weighted by Gasteiger charge is -2.23. The fraction of sp³-hybridized carbons (Fsp3) is 0.391. The van der Waals surface area contributed by atoms with Crippen LogP contribution in [0.15, 0.2) is 54.6 Å². The Kier molecular flexibility index (Phi) is 5.59. The summed E-state index contributed by atoms with van der Waals surface area (Å²) in [5.74, 6) is 0.930. The van der Waals surface area contributed by atoms with Gasteiger partial charge in [-0.3, -0.25) is 9.69 Å². The number of amides is 1. The van der Waals surface area contributed by atoms with Crippen molar-refractivity contribution >= 4 is 5.91 Å². The molecule has 0 radical (unpaired) electrons. The number of likely N-dealkylation sites (tertiary alicyclic amines) is 2. The highest BCUT2D eigenvalue weighted by Crippen LogP contribution is 2.26. The van der Waals surface area contributed by atoms with Gasteiger partial charge in [0.05, 0.1) is 12.6 Å². The zero-order valence-electron chi connectivity index (χ0n) is 16.0. The van der Waals surface area contributed by atoms with E-state index in [9.17, 15) is 10.1 Å². The number of nitriles is 1. The second-order valence-electron chi connectivity index (χ2n) is 7.53. The number of ether oxygens (including phenoxy) is 1. The topological polar surface area (TPSA) is 56.6 Å². The van der Waals surface area contributed by atoms with Crippen molar-refractivity contribution in [1.29, 1.82) is 5.26 Å². The first-order chi connectivity index (χ1) is 13.7. The summed E-state index contributed by atoms with van der Waals surface area (Å²) >= 11 is 0. The van der Waals surface area contributed by atoms with E-state index in [2.05, 4.69) is 35.2 Å². The zero-order valence-corrected chi connectivity index (χ0v) is 16.0. The summed E-state index contributed by atoms with van der Waals surface area (Å²) in [4.78, 5) is 16.4. The Hall–Kier alpha value is -2.84. The molecule has 0 saturated carbocycles. The van der Waals surface area contributed by atoms with Crippen molar-refractivity contribution in [3.05, 3.63) is 54.6 Å². The Balaban J connectivity index is 1.33. The third-order valence-electron chi connectivity index (χ3n) is 5.55. The molecule has 2 aliphatic rings.